The molecule has 9 heteroatoms. The second-order valence-electron chi connectivity index (χ2n) is 11.9. The Kier molecular flexibility index (Phi) is 7.73. The molecule has 1 unspecified atom stereocenters. The molecule has 0 saturated carbocycles. The van der Waals surface area contributed by atoms with Crippen LogP contribution in [0.4, 0.5) is 0 Å². The average molecular weight is 535 g/mol. The highest BCUT2D eigenvalue weighted by molar-refractivity contribution is 6.07. The van der Waals surface area contributed by atoms with Crippen LogP contribution in [0, 0.1) is 12.8 Å². The average Bonchev–Trinajstić information content (AvgIpc) is 3.11. The van der Waals surface area contributed by atoms with Crippen molar-refractivity contribution in [3.05, 3.63) is 39.8 Å². The van der Waals surface area contributed by atoms with E-state index in [0.717, 1.165) is 85.5 Å². The van der Waals surface area contributed by atoms with E-state index < -0.39 is 0 Å². The van der Waals surface area contributed by atoms with Gasteiger partial charge in [-0.3, -0.25) is 14.3 Å². The lowest BCUT2D eigenvalue weighted by Crippen LogP contribution is -2.37. The number of H-pyrrole nitrogens is 1. The number of likely N-dealkylation sites (tertiary alicyclic amines) is 1. The Bertz CT molecular complexity index is 1390. The number of carbonyl (C=O) groups excluding carboxylic acids is 1. The fourth-order valence-corrected chi connectivity index (χ4v) is 6.81. The number of ether oxygens (including phenoxy) is 1. The highest BCUT2D eigenvalue weighted by atomic mass is 16.5. The number of hydrogen-bond acceptors (Lipinski definition) is 6. The van der Waals surface area contributed by atoms with E-state index in [0.29, 0.717) is 18.6 Å². The second kappa shape index (κ2) is 11.4. The molecule has 0 radical (unpaired) electrons. The molecule has 1 N–H and O–H groups in total. The van der Waals surface area contributed by atoms with Crippen molar-refractivity contribution in [2.24, 2.45) is 5.92 Å². The van der Waals surface area contributed by atoms with Crippen molar-refractivity contribution in [2.75, 3.05) is 66.1 Å². The normalized spacial score (nSPS) is 22.8. The van der Waals surface area contributed by atoms with Crippen LogP contribution in [0.5, 0.6) is 0 Å². The number of aryl methyl sites for hydroxylation is 1. The van der Waals surface area contributed by atoms with Gasteiger partial charge in [-0.1, -0.05) is 0 Å². The van der Waals surface area contributed by atoms with Gasteiger partial charge in [0, 0.05) is 50.3 Å². The minimum Gasteiger partial charge on any atom is -0.381 e. The molecule has 6 rings (SSSR count). The Morgan fingerprint density at radius 1 is 1.00 bits per heavy atom. The van der Waals surface area contributed by atoms with Gasteiger partial charge in [-0.25, -0.2) is 0 Å². The van der Waals surface area contributed by atoms with Gasteiger partial charge in [-0.15, -0.1) is 0 Å². The highest BCUT2D eigenvalue weighted by Gasteiger charge is 2.26. The standard InChI is InChI=1S/C30H42N6O3/c1-21-17-27-25(28-26(29(37)32-27)19-31-36(28)23-7-15-39-16-8-23)18-24(21)30(38)35-11-4-10-34(13-14-35)20-22-5-3-9-33(2)12-6-22/h17-19,22-23H,3-16,20H2,1-2H3,(H,32,37). The lowest BCUT2D eigenvalue weighted by Gasteiger charge is -2.26. The Morgan fingerprint density at radius 3 is 2.69 bits per heavy atom. The van der Waals surface area contributed by atoms with Crippen LogP contribution < -0.4 is 5.56 Å². The predicted molar refractivity (Wildman–Crippen MR) is 153 cm³/mol. The minimum absolute atomic E-state index is 0.0869. The van der Waals surface area contributed by atoms with Crippen molar-refractivity contribution in [2.45, 2.75) is 51.5 Å². The van der Waals surface area contributed by atoms with Crippen molar-refractivity contribution < 1.29 is 9.53 Å². The third-order valence-electron chi connectivity index (χ3n) is 9.14. The summed E-state index contributed by atoms with van der Waals surface area (Å²) in [4.78, 5) is 36.9. The van der Waals surface area contributed by atoms with E-state index in [1.165, 1.54) is 32.4 Å². The fourth-order valence-electron chi connectivity index (χ4n) is 6.81. The number of benzene rings is 1. The quantitative estimate of drug-likeness (QED) is 0.552. The van der Waals surface area contributed by atoms with Crippen LogP contribution in [0.25, 0.3) is 21.8 Å². The van der Waals surface area contributed by atoms with E-state index in [2.05, 4.69) is 26.9 Å². The molecule has 5 heterocycles. The Hall–Kier alpha value is -2.75. The van der Waals surface area contributed by atoms with Gasteiger partial charge >= 0.3 is 0 Å². The van der Waals surface area contributed by atoms with Crippen LogP contribution in [-0.2, 0) is 4.74 Å². The topological polar surface area (TPSA) is 86.7 Å². The van der Waals surface area contributed by atoms with Crippen LogP contribution in [0.1, 0.15) is 60.5 Å². The number of aromatic nitrogens is 3. The first-order chi connectivity index (χ1) is 19.0. The van der Waals surface area contributed by atoms with Gasteiger partial charge in [0.25, 0.3) is 11.5 Å². The molecule has 0 aliphatic carbocycles. The zero-order valence-electron chi connectivity index (χ0n) is 23.5. The van der Waals surface area contributed by atoms with E-state index in [-0.39, 0.29) is 17.5 Å². The molecule has 3 saturated heterocycles. The number of nitrogens with zero attached hydrogens (tertiary/aromatic N) is 5. The van der Waals surface area contributed by atoms with Crippen LogP contribution in [0.15, 0.2) is 23.1 Å². The molecule has 2 aromatic heterocycles. The zero-order valence-corrected chi connectivity index (χ0v) is 23.5. The maximum absolute atomic E-state index is 13.9. The summed E-state index contributed by atoms with van der Waals surface area (Å²) < 4.78 is 7.55. The van der Waals surface area contributed by atoms with Gasteiger partial charge in [-0.05, 0) is 95.7 Å². The summed E-state index contributed by atoms with van der Waals surface area (Å²) in [6, 6.07) is 4.14. The lowest BCUT2D eigenvalue weighted by molar-refractivity contribution is 0.0675. The molecule has 0 bridgehead atoms. The third kappa shape index (κ3) is 5.49. The molecule has 3 aliphatic heterocycles. The van der Waals surface area contributed by atoms with Gasteiger partial charge in [0.05, 0.1) is 28.7 Å². The summed E-state index contributed by atoms with van der Waals surface area (Å²) >= 11 is 0. The summed E-state index contributed by atoms with van der Waals surface area (Å²) in [5.74, 6) is 0.842. The van der Waals surface area contributed by atoms with Crippen LogP contribution >= 0.6 is 0 Å². The molecule has 3 aliphatic rings. The van der Waals surface area contributed by atoms with E-state index >= 15 is 0 Å². The first-order valence-corrected chi connectivity index (χ1v) is 14.8. The maximum atomic E-state index is 13.9. The van der Waals surface area contributed by atoms with Gasteiger partial charge in [0.2, 0.25) is 0 Å². The highest BCUT2D eigenvalue weighted by Crippen LogP contribution is 2.30. The Labute approximate surface area is 230 Å². The number of amides is 1. The maximum Gasteiger partial charge on any atom is 0.259 e. The Balaban J connectivity index is 1.24. The van der Waals surface area contributed by atoms with E-state index in [9.17, 15) is 9.59 Å². The first-order valence-electron chi connectivity index (χ1n) is 14.8. The van der Waals surface area contributed by atoms with Crippen LogP contribution in [0.3, 0.4) is 0 Å². The van der Waals surface area contributed by atoms with Gasteiger partial charge in [-0.2, -0.15) is 5.10 Å². The minimum atomic E-state index is -0.137. The number of carbonyl (C=O) groups is 1. The summed E-state index contributed by atoms with van der Waals surface area (Å²) in [5.41, 5.74) is 3.05. The van der Waals surface area contributed by atoms with Crippen molar-refractivity contribution in [3.8, 4) is 0 Å². The third-order valence-corrected chi connectivity index (χ3v) is 9.14. The smallest absolute Gasteiger partial charge is 0.259 e. The number of hydrogen-bond donors (Lipinski definition) is 1. The number of nitrogens with one attached hydrogen (secondary N) is 1. The second-order valence-corrected chi connectivity index (χ2v) is 11.9. The number of rotatable bonds is 4. The largest absolute Gasteiger partial charge is 0.381 e. The molecule has 1 aromatic carbocycles. The molecule has 9 nitrogen and oxygen atoms in total. The molecule has 1 amide bonds. The molecular weight excluding hydrogens is 492 g/mol. The van der Waals surface area contributed by atoms with Gasteiger partial charge < -0.3 is 24.4 Å². The molecule has 3 aromatic rings. The summed E-state index contributed by atoms with van der Waals surface area (Å²) in [6.07, 6.45) is 8.26. The van der Waals surface area contributed by atoms with E-state index in [1.54, 1.807) is 6.20 Å². The molecule has 3 fully saturated rings. The SMILES string of the molecule is Cc1cc2[nH]c(=O)c3cnn(C4CCOCC4)c3c2cc1C(=O)N1CCCN(CC2CCCN(C)CC2)CC1. The number of pyridine rings is 1. The lowest BCUT2D eigenvalue weighted by atomic mass is 10.00. The predicted octanol–water partition coefficient (Wildman–Crippen LogP) is 3.42. The fraction of sp³-hybridized carbons (Fsp3) is 0.633. The van der Waals surface area contributed by atoms with Crippen molar-refractivity contribution >= 4 is 27.7 Å². The van der Waals surface area contributed by atoms with Crippen molar-refractivity contribution in [1.29, 1.82) is 0 Å². The number of fused-ring (bicyclic) bond motifs is 3. The molecule has 1 atom stereocenters. The van der Waals surface area contributed by atoms with Crippen LogP contribution in [-0.4, -0.2) is 101 Å². The van der Waals surface area contributed by atoms with Gasteiger partial charge in [0.15, 0.2) is 0 Å². The number of aromatic amines is 1. The molecule has 210 valence electrons. The molecule has 39 heavy (non-hydrogen) atoms. The van der Waals surface area contributed by atoms with Crippen LogP contribution in [0.2, 0.25) is 0 Å². The molecular formula is C30H42N6O3. The summed E-state index contributed by atoms with van der Waals surface area (Å²) in [7, 11) is 2.23. The summed E-state index contributed by atoms with van der Waals surface area (Å²) in [5, 5.41) is 6.09. The first kappa shape index (κ1) is 26.5. The zero-order chi connectivity index (χ0) is 26.9. The van der Waals surface area contributed by atoms with Gasteiger partial charge in [0.1, 0.15) is 0 Å². The molecule has 0 spiro atoms. The van der Waals surface area contributed by atoms with E-state index in [1.807, 2.05) is 28.6 Å². The summed E-state index contributed by atoms with van der Waals surface area (Å²) in [6.45, 7) is 10.4. The Morgan fingerprint density at radius 2 is 1.85 bits per heavy atom. The monoisotopic (exact) mass is 534 g/mol. The van der Waals surface area contributed by atoms with E-state index in [4.69, 9.17) is 4.74 Å². The van der Waals surface area contributed by atoms with Crippen molar-refractivity contribution in [1.82, 2.24) is 29.5 Å². The van der Waals surface area contributed by atoms with Crippen molar-refractivity contribution in [3.63, 3.8) is 0 Å².